The molecule has 0 amide bonds. The Hall–Kier alpha value is -2.04. The Morgan fingerprint density at radius 2 is 2.47 bits per heavy atom. The van der Waals surface area contributed by atoms with E-state index in [-0.39, 0.29) is 5.69 Å². The first-order chi connectivity index (χ1) is 7.22. The molecule has 0 radical (unpaired) electrons. The largest absolute Gasteiger partial charge is 0.476 e. The molecular weight excluding hydrogens is 196 g/mol. The summed E-state index contributed by atoms with van der Waals surface area (Å²) in [5.74, 6) is 0.0826. The van der Waals surface area contributed by atoms with Crippen molar-refractivity contribution in [3.63, 3.8) is 0 Å². The van der Waals surface area contributed by atoms with Crippen molar-refractivity contribution < 1.29 is 14.3 Å². The summed E-state index contributed by atoms with van der Waals surface area (Å²) in [5.41, 5.74) is 0.0308. The Balaban J connectivity index is 2.51. The van der Waals surface area contributed by atoms with Crippen LogP contribution < -0.4 is 0 Å². The van der Waals surface area contributed by atoms with Crippen LogP contribution in [0.3, 0.4) is 0 Å². The van der Waals surface area contributed by atoms with Crippen molar-refractivity contribution in [3.05, 3.63) is 30.3 Å². The van der Waals surface area contributed by atoms with Gasteiger partial charge in [0.1, 0.15) is 0 Å². The fourth-order valence-corrected chi connectivity index (χ4v) is 1.36. The molecule has 0 saturated heterocycles. The molecule has 0 aliphatic carbocycles. The maximum atomic E-state index is 10.7. The van der Waals surface area contributed by atoms with E-state index >= 15 is 0 Å². The highest BCUT2D eigenvalue weighted by Gasteiger charge is 2.15. The molecule has 2 aromatic rings. The van der Waals surface area contributed by atoms with Gasteiger partial charge in [-0.15, -0.1) is 0 Å². The van der Waals surface area contributed by atoms with Gasteiger partial charge in [0.05, 0.1) is 6.26 Å². The normalized spacial score (nSPS) is 10.5. The van der Waals surface area contributed by atoms with Crippen molar-refractivity contribution >= 4 is 5.97 Å². The Morgan fingerprint density at radius 1 is 1.67 bits per heavy atom. The van der Waals surface area contributed by atoms with Crippen molar-refractivity contribution in [2.24, 2.45) is 0 Å². The van der Waals surface area contributed by atoms with Gasteiger partial charge in [0.15, 0.2) is 17.3 Å². The molecule has 0 unspecified atom stereocenters. The summed E-state index contributed by atoms with van der Waals surface area (Å²) >= 11 is 0. The molecule has 0 saturated carbocycles. The highest BCUT2D eigenvalue weighted by atomic mass is 16.4. The molecule has 2 rings (SSSR count). The van der Waals surface area contributed by atoms with Gasteiger partial charge in [-0.05, 0) is 19.1 Å². The minimum atomic E-state index is -1.03. The van der Waals surface area contributed by atoms with Crippen molar-refractivity contribution in [2.45, 2.75) is 13.5 Å². The Bertz CT molecular complexity index is 471. The van der Waals surface area contributed by atoms with Crippen molar-refractivity contribution in [1.29, 1.82) is 0 Å². The molecule has 5 heteroatoms. The number of carboxylic acids is 1. The Labute approximate surface area is 86.0 Å². The lowest BCUT2D eigenvalue weighted by Crippen LogP contribution is -1.95. The molecule has 0 atom stereocenters. The zero-order chi connectivity index (χ0) is 10.8. The number of nitrogens with zero attached hydrogens (tertiary/aromatic N) is 2. The smallest absolute Gasteiger partial charge is 0.356 e. The molecule has 78 valence electrons. The molecule has 2 aromatic heterocycles. The maximum Gasteiger partial charge on any atom is 0.356 e. The number of aryl methyl sites for hydroxylation is 1. The lowest BCUT2D eigenvalue weighted by Gasteiger charge is -1.99. The van der Waals surface area contributed by atoms with Gasteiger partial charge in [-0.3, -0.25) is 0 Å². The third-order valence-electron chi connectivity index (χ3n) is 2.08. The van der Waals surface area contributed by atoms with E-state index in [1.54, 1.807) is 16.7 Å². The lowest BCUT2D eigenvalue weighted by atomic mass is 10.4. The van der Waals surface area contributed by atoms with Crippen LogP contribution in [0.1, 0.15) is 17.4 Å². The second-order valence-electron chi connectivity index (χ2n) is 3.02. The number of carbonyl (C=O) groups is 1. The average molecular weight is 206 g/mol. The number of furan rings is 1. The van der Waals surface area contributed by atoms with E-state index in [4.69, 9.17) is 9.52 Å². The molecule has 5 nitrogen and oxygen atoms in total. The molecule has 0 spiro atoms. The predicted octanol–water partition coefficient (Wildman–Crippen LogP) is 1.86. The van der Waals surface area contributed by atoms with Gasteiger partial charge < -0.3 is 14.1 Å². The van der Waals surface area contributed by atoms with Gasteiger partial charge in [0.25, 0.3) is 0 Å². The first kappa shape index (κ1) is 9.51. The number of hydrogen-bond acceptors (Lipinski definition) is 3. The molecule has 1 N–H and O–H groups in total. The maximum absolute atomic E-state index is 10.7. The fraction of sp³-hybridized carbons (Fsp3) is 0.200. The highest BCUT2D eigenvalue weighted by Crippen LogP contribution is 2.19. The van der Waals surface area contributed by atoms with Gasteiger partial charge in [0, 0.05) is 12.7 Å². The van der Waals surface area contributed by atoms with Crippen LogP contribution in [0.15, 0.2) is 29.0 Å². The molecule has 0 bridgehead atoms. The summed E-state index contributed by atoms with van der Waals surface area (Å²) in [6.07, 6.45) is 3.03. The van der Waals surface area contributed by atoms with Crippen molar-refractivity contribution in [3.8, 4) is 11.6 Å². The number of rotatable bonds is 3. The van der Waals surface area contributed by atoms with E-state index in [1.807, 2.05) is 6.92 Å². The second kappa shape index (κ2) is 3.61. The van der Waals surface area contributed by atoms with Crippen molar-refractivity contribution in [2.75, 3.05) is 0 Å². The Morgan fingerprint density at radius 3 is 3.00 bits per heavy atom. The summed E-state index contributed by atoms with van der Waals surface area (Å²) in [5, 5.41) is 8.81. The minimum absolute atomic E-state index is 0.0308. The van der Waals surface area contributed by atoms with E-state index in [1.165, 1.54) is 12.5 Å². The van der Waals surface area contributed by atoms with Crippen LogP contribution in [-0.4, -0.2) is 20.6 Å². The highest BCUT2D eigenvalue weighted by molar-refractivity contribution is 5.85. The van der Waals surface area contributed by atoms with Gasteiger partial charge in [0.2, 0.25) is 0 Å². The first-order valence-electron chi connectivity index (χ1n) is 4.56. The van der Waals surface area contributed by atoms with E-state index < -0.39 is 5.97 Å². The molecule has 0 aliphatic heterocycles. The first-order valence-corrected chi connectivity index (χ1v) is 4.56. The number of imidazole rings is 1. The summed E-state index contributed by atoms with van der Waals surface area (Å²) in [4.78, 5) is 14.7. The van der Waals surface area contributed by atoms with Crippen LogP contribution in [0.2, 0.25) is 0 Å². The van der Waals surface area contributed by atoms with E-state index in [0.29, 0.717) is 18.1 Å². The molecule has 0 aliphatic rings. The topological polar surface area (TPSA) is 68.3 Å². The molecule has 2 heterocycles. The van der Waals surface area contributed by atoms with Gasteiger partial charge in [-0.1, -0.05) is 0 Å². The zero-order valence-electron chi connectivity index (χ0n) is 8.17. The van der Waals surface area contributed by atoms with Gasteiger partial charge in [-0.25, -0.2) is 9.78 Å². The average Bonchev–Trinajstić information content (AvgIpc) is 2.86. The fourth-order valence-electron chi connectivity index (χ4n) is 1.36. The van der Waals surface area contributed by atoms with Crippen LogP contribution >= 0.6 is 0 Å². The van der Waals surface area contributed by atoms with Crippen LogP contribution in [0.5, 0.6) is 0 Å². The number of aromatic carboxylic acids is 1. The van der Waals surface area contributed by atoms with Crippen LogP contribution in [-0.2, 0) is 6.54 Å². The quantitative estimate of drug-likeness (QED) is 0.832. The number of carboxylic acid groups (broad SMARTS) is 1. The predicted molar refractivity (Wildman–Crippen MR) is 52.6 cm³/mol. The number of hydrogen-bond donors (Lipinski definition) is 1. The van der Waals surface area contributed by atoms with Crippen molar-refractivity contribution in [1.82, 2.24) is 9.55 Å². The van der Waals surface area contributed by atoms with Crippen LogP contribution in [0.4, 0.5) is 0 Å². The number of aromatic nitrogens is 2. The summed E-state index contributed by atoms with van der Waals surface area (Å²) in [6.45, 7) is 2.57. The molecule has 0 aromatic carbocycles. The minimum Gasteiger partial charge on any atom is -0.476 e. The monoisotopic (exact) mass is 206 g/mol. The molecular formula is C10H10N2O3. The second-order valence-corrected chi connectivity index (χ2v) is 3.02. The standard InChI is InChI=1S/C10H10N2O3/c1-2-12-6-7(10(13)14)11-9(12)8-4-3-5-15-8/h3-6H,2H2,1H3,(H,13,14). The summed E-state index contributed by atoms with van der Waals surface area (Å²) in [6, 6.07) is 3.49. The SMILES string of the molecule is CCn1cc(C(=O)O)nc1-c1ccco1. The Kier molecular flexibility index (Phi) is 2.29. The van der Waals surface area contributed by atoms with E-state index in [2.05, 4.69) is 4.98 Å². The van der Waals surface area contributed by atoms with E-state index in [9.17, 15) is 4.79 Å². The third kappa shape index (κ3) is 1.63. The molecule has 15 heavy (non-hydrogen) atoms. The third-order valence-corrected chi connectivity index (χ3v) is 2.08. The zero-order valence-corrected chi connectivity index (χ0v) is 8.17. The lowest BCUT2D eigenvalue weighted by molar-refractivity contribution is 0.0691. The molecule has 0 fully saturated rings. The van der Waals surface area contributed by atoms with Gasteiger partial charge >= 0.3 is 5.97 Å². The summed E-state index contributed by atoms with van der Waals surface area (Å²) in [7, 11) is 0. The van der Waals surface area contributed by atoms with Gasteiger partial charge in [-0.2, -0.15) is 0 Å². The summed E-state index contributed by atoms with van der Waals surface area (Å²) < 4.78 is 6.92. The van der Waals surface area contributed by atoms with Crippen LogP contribution in [0, 0.1) is 0 Å². The van der Waals surface area contributed by atoms with E-state index in [0.717, 1.165) is 0 Å². The van der Waals surface area contributed by atoms with Crippen LogP contribution in [0.25, 0.3) is 11.6 Å².